The molecule has 0 N–H and O–H groups in total. The molecule has 0 spiro atoms. The summed E-state index contributed by atoms with van der Waals surface area (Å²) in [6.07, 6.45) is -3.15. The van der Waals surface area contributed by atoms with Gasteiger partial charge >= 0.3 is 6.18 Å². The van der Waals surface area contributed by atoms with E-state index in [4.69, 9.17) is 11.6 Å². The van der Waals surface area contributed by atoms with Gasteiger partial charge in [-0.25, -0.2) is 13.4 Å². The Kier molecular flexibility index (Phi) is 5.52. The van der Waals surface area contributed by atoms with Gasteiger partial charge in [-0.1, -0.05) is 11.6 Å². The standard InChI is InChI=1S/C17H14ClF3N4O2S/c18-14-4-3-13(17(19,20)21)10-15(14)28(26,27)25-8-6-24(7-9-25)16-12(11-22)2-1-5-23-16/h1-5,10H,6-9H2. The SMILES string of the molecule is N#Cc1cccnc1N1CCN(S(=O)(=O)c2cc(C(F)(F)F)ccc2Cl)CC1. The van der Waals surface area contributed by atoms with Crippen molar-refractivity contribution in [2.75, 3.05) is 31.1 Å². The zero-order valence-electron chi connectivity index (χ0n) is 14.3. The minimum atomic E-state index is -4.68. The van der Waals surface area contributed by atoms with Crippen molar-refractivity contribution in [2.24, 2.45) is 0 Å². The lowest BCUT2D eigenvalue weighted by molar-refractivity contribution is -0.137. The molecule has 148 valence electrons. The summed E-state index contributed by atoms with van der Waals surface area (Å²) in [6, 6.07) is 7.48. The fourth-order valence-corrected chi connectivity index (χ4v) is 4.82. The summed E-state index contributed by atoms with van der Waals surface area (Å²) in [5.74, 6) is 0.444. The molecule has 1 aromatic carbocycles. The van der Waals surface area contributed by atoms with Crippen LogP contribution in [0.15, 0.2) is 41.4 Å². The van der Waals surface area contributed by atoms with Crippen LogP contribution in [0.1, 0.15) is 11.1 Å². The van der Waals surface area contributed by atoms with Crippen molar-refractivity contribution in [3.63, 3.8) is 0 Å². The Morgan fingerprint density at radius 1 is 1.14 bits per heavy atom. The molecular formula is C17H14ClF3N4O2S. The number of sulfonamides is 1. The average Bonchev–Trinajstić information content (AvgIpc) is 2.67. The Hall–Kier alpha value is -2.35. The summed E-state index contributed by atoms with van der Waals surface area (Å²) in [5.41, 5.74) is -0.721. The molecule has 2 aromatic rings. The maximum atomic E-state index is 12.9. The third kappa shape index (κ3) is 3.92. The van der Waals surface area contributed by atoms with Gasteiger partial charge in [0.1, 0.15) is 16.8 Å². The number of benzene rings is 1. The molecule has 0 saturated carbocycles. The highest BCUT2D eigenvalue weighted by Crippen LogP contribution is 2.34. The van der Waals surface area contributed by atoms with Crippen LogP contribution >= 0.6 is 11.6 Å². The topological polar surface area (TPSA) is 77.3 Å². The molecule has 1 saturated heterocycles. The summed E-state index contributed by atoms with van der Waals surface area (Å²) < 4.78 is 65.6. The normalized spacial score (nSPS) is 16.0. The highest BCUT2D eigenvalue weighted by molar-refractivity contribution is 7.89. The maximum absolute atomic E-state index is 12.9. The third-order valence-electron chi connectivity index (χ3n) is 4.32. The van der Waals surface area contributed by atoms with E-state index < -0.39 is 26.7 Å². The van der Waals surface area contributed by atoms with E-state index in [2.05, 4.69) is 4.98 Å². The highest BCUT2D eigenvalue weighted by Gasteiger charge is 2.35. The van der Waals surface area contributed by atoms with Crippen LogP contribution in [0.2, 0.25) is 5.02 Å². The van der Waals surface area contributed by atoms with Crippen LogP contribution < -0.4 is 4.90 Å². The third-order valence-corrected chi connectivity index (χ3v) is 6.70. The first-order valence-electron chi connectivity index (χ1n) is 8.11. The largest absolute Gasteiger partial charge is 0.416 e. The highest BCUT2D eigenvalue weighted by atomic mass is 35.5. The molecule has 3 rings (SSSR count). The number of hydrogen-bond donors (Lipinski definition) is 0. The lowest BCUT2D eigenvalue weighted by atomic mass is 10.2. The van der Waals surface area contributed by atoms with Crippen molar-refractivity contribution in [3.8, 4) is 6.07 Å². The number of piperazine rings is 1. The van der Waals surface area contributed by atoms with E-state index in [0.717, 1.165) is 16.4 Å². The molecule has 0 amide bonds. The van der Waals surface area contributed by atoms with Gasteiger partial charge < -0.3 is 4.90 Å². The predicted molar refractivity (Wildman–Crippen MR) is 96.4 cm³/mol. The number of aromatic nitrogens is 1. The molecule has 11 heteroatoms. The van der Waals surface area contributed by atoms with Crippen molar-refractivity contribution in [1.82, 2.24) is 9.29 Å². The second kappa shape index (κ2) is 7.58. The van der Waals surface area contributed by atoms with Crippen LogP contribution in [0.4, 0.5) is 19.0 Å². The van der Waals surface area contributed by atoms with Crippen molar-refractivity contribution in [1.29, 1.82) is 5.26 Å². The van der Waals surface area contributed by atoms with Crippen LogP contribution in [0.5, 0.6) is 0 Å². The smallest absolute Gasteiger partial charge is 0.353 e. The first-order valence-corrected chi connectivity index (χ1v) is 9.93. The Morgan fingerprint density at radius 2 is 1.82 bits per heavy atom. The Balaban J connectivity index is 1.83. The predicted octanol–water partition coefficient (Wildman–Crippen LogP) is 3.14. The minimum absolute atomic E-state index is 0.0242. The van der Waals surface area contributed by atoms with Gasteiger partial charge in [-0.05, 0) is 30.3 Å². The van der Waals surface area contributed by atoms with Crippen LogP contribution in [0, 0.1) is 11.3 Å². The minimum Gasteiger partial charge on any atom is -0.353 e. The Bertz CT molecular complexity index is 1030. The fourth-order valence-electron chi connectivity index (χ4n) is 2.89. The van der Waals surface area contributed by atoms with Gasteiger partial charge in [-0.15, -0.1) is 0 Å². The molecule has 1 aromatic heterocycles. The second-order valence-electron chi connectivity index (χ2n) is 6.02. The van der Waals surface area contributed by atoms with Gasteiger partial charge in [0.15, 0.2) is 0 Å². The van der Waals surface area contributed by atoms with E-state index in [0.29, 0.717) is 17.4 Å². The Morgan fingerprint density at radius 3 is 2.43 bits per heavy atom. The fraction of sp³-hybridized carbons (Fsp3) is 0.294. The van der Waals surface area contributed by atoms with E-state index in [-0.39, 0.29) is 31.2 Å². The second-order valence-corrected chi connectivity index (χ2v) is 8.33. The molecule has 0 bridgehead atoms. The number of hydrogen-bond acceptors (Lipinski definition) is 5. The number of nitrogens with zero attached hydrogens (tertiary/aromatic N) is 4. The van der Waals surface area contributed by atoms with Gasteiger partial charge in [0.25, 0.3) is 0 Å². The quantitative estimate of drug-likeness (QED) is 0.747. The van der Waals surface area contributed by atoms with E-state index >= 15 is 0 Å². The van der Waals surface area contributed by atoms with Gasteiger partial charge in [-0.3, -0.25) is 0 Å². The Labute approximate surface area is 164 Å². The summed E-state index contributed by atoms with van der Waals surface area (Å²) in [4.78, 5) is 5.35. The zero-order valence-corrected chi connectivity index (χ0v) is 15.9. The van der Waals surface area contributed by atoms with Gasteiger partial charge in [-0.2, -0.15) is 22.7 Å². The number of anilines is 1. The first kappa shape index (κ1) is 20.4. The van der Waals surface area contributed by atoms with Crippen LogP contribution in [0.3, 0.4) is 0 Å². The molecule has 0 unspecified atom stereocenters. The van der Waals surface area contributed by atoms with E-state index in [1.54, 1.807) is 17.0 Å². The van der Waals surface area contributed by atoms with E-state index in [1.165, 1.54) is 6.20 Å². The first-order chi connectivity index (χ1) is 13.1. The van der Waals surface area contributed by atoms with Crippen molar-refractivity contribution >= 4 is 27.4 Å². The van der Waals surface area contributed by atoms with Gasteiger partial charge in [0.2, 0.25) is 10.0 Å². The number of nitriles is 1. The van der Waals surface area contributed by atoms with Crippen molar-refractivity contribution in [2.45, 2.75) is 11.1 Å². The molecule has 6 nitrogen and oxygen atoms in total. The molecule has 1 fully saturated rings. The number of halogens is 4. The van der Waals surface area contributed by atoms with Gasteiger partial charge in [0.05, 0.1) is 16.1 Å². The van der Waals surface area contributed by atoms with E-state index in [9.17, 15) is 26.9 Å². The summed E-state index contributed by atoms with van der Waals surface area (Å²) in [5, 5.41) is 8.90. The summed E-state index contributed by atoms with van der Waals surface area (Å²) >= 11 is 5.88. The number of pyridine rings is 1. The van der Waals surface area contributed by atoms with E-state index in [1.807, 2.05) is 6.07 Å². The molecule has 1 aliphatic heterocycles. The van der Waals surface area contributed by atoms with Crippen LogP contribution in [-0.4, -0.2) is 43.9 Å². The van der Waals surface area contributed by atoms with Crippen molar-refractivity contribution < 1.29 is 21.6 Å². The lowest BCUT2D eigenvalue weighted by Gasteiger charge is -2.35. The lowest BCUT2D eigenvalue weighted by Crippen LogP contribution is -2.49. The zero-order chi connectivity index (χ0) is 20.5. The molecule has 0 radical (unpaired) electrons. The molecule has 0 atom stereocenters. The average molecular weight is 431 g/mol. The molecule has 1 aliphatic rings. The molecular weight excluding hydrogens is 417 g/mol. The summed E-state index contributed by atoms with van der Waals surface area (Å²) in [7, 11) is -4.21. The van der Waals surface area contributed by atoms with Crippen LogP contribution in [-0.2, 0) is 16.2 Å². The monoisotopic (exact) mass is 430 g/mol. The number of rotatable bonds is 3. The number of alkyl halides is 3. The van der Waals surface area contributed by atoms with Gasteiger partial charge in [0, 0.05) is 32.4 Å². The molecule has 2 heterocycles. The summed E-state index contributed by atoms with van der Waals surface area (Å²) in [6.45, 7) is 0.524. The molecule has 28 heavy (non-hydrogen) atoms. The maximum Gasteiger partial charge on any atom is 0.416 e. The van der Waals surface area contributed by atoms with Crippen LogP contribution in [0.25, 0.3) is 0 Å². The van der Waals surface area contributed by atoms with Crippen molar-refractivity contribution in [3.05, 3.63) is 52.7 Å². The molecule has 0 aliphatic carbocycles.